The maximum absolute atomic E-state index is 13.3. The van der Waals surface area contributed by atoms with Crippen molar-refractivity contribution in [3.8, 4) is 0 Å². The van der Waals surface area contributed by atoms with Gasteiger partial charge in [0.25, 0.3) is 0 Å². The second kappa shape index (κ2) is 5.76. The first-order chi connectivity index (χ1) is 11.2. The molecule has 2 aliphatic carbocycles. The molecule has 2 saturated carbocycles. The molecule has 2 atom stereocenters. The van der Waals surface area contributed by atoms with Crippen LogP contribution in [0.15, 0.2) is 24.3 Å². The predicted octanol–water partition coefficient (Wildman–Crippen LogP) is 2.86. The summed E-state index contributed by atoms with van der Waals surface area (Å²) in [4.78, 5) is 24.4. The van der Waals surface area contributed by atoms with E-state index in [-0.39, 0.29) is 23.7 Å². The minimum Gasteiger partial charge on any atom is -0.444 e. The summed E-state index contributed by atoms with van der Waals surface area (Å²) in [5.41, 5.74) is -0.558. The van der Waals surface area contributed by atoms with Crippen LogP contribution in [0.1, 0.15) is 51.5 Å². The number of nitrogens with one attached hydrogen (secondary N) is 2. The van der Waals surface area contributed by atoms with E-state index in [2.05, 4.69) is 10.6 Å². The molecule has 0 bridgehead atoms. The minimum absolute atomic E-state index is 0.00258. The molecule has 2 N–H and O–H groups in total. The van der Waals surface area contributed by atoms with E-state index in [1.54, 1.807) is 26.8 Å². The summed E-state index contributed by atoms with van der Waals surface area (Å²) in [6, 6.07) is 6.45. The first kappa shape index (κ1) is 16.7. The van der Waals surface area contributed by atoms with Crippen LogP contribution in [0.5, 0.6) is 0 Å². The van der Waals surface area contributed by atoms with Crippen molar-refractivity contribution < 1.29 is 18.7 Å². The summed E-state index contributed by atoms with van der Waals surface area (Å²) in [7, 11) is 0. The first-order valence-electron chi connectivity index (χ1n) is 8.26. The van der Waals surface area contributed by atoms with Crippen LogP contribution in [0, 0.1) is 5.82 Å². The minimum atomic E-state index is -0.850. The van der Waals surface area contributed by atoms with Crippen molar-refractivity contribution in [3.63, 3.8) is 0 Å². The highest BCUT2D eigenvalue weighted by Gasteiger charge is 2.54. The highest BCUT2D eigenvalue weighted by Crippen LogP contribution is 2.43. The molecular formula is C18H23FN2O3. The van der Waals surface area contributed by atoms with E-state index in [4.69, 9.17) is 4.74 Å². The number of amides is 2. The Bertz CT molecular complexity index is 664. The largest absolute Gasteiger partial charge is 0.444 e. The average molecular weight is 334 g/mol. The normalized spacial score (nSPS) is 24.0. The molecule has 5 nitrogen and oxygen atoms in total. The molecular weight excluding hydrogens is 311 g/mol. The third kappa shape index (κ3) is 3.86. The van der Waals surface area contributed by atoms with Gasteiger partial charge >= 0.3 is 6.09 Å². The monoisotopic (exact) mass is 334 g/mol. The highest BCUT2D eigenvalue weighted by molar-refractivity contribution is 5.93. The van der Waals surface area contributed by atoms with Gasteiger partial charge in [0.15, 0.2) is 0 Å². The van der Waals surface area contributed by atoms with Crippen LogP contribution < -0.4 is 10.6 Å². The number of benzene rings is 1. The predicted molar refractivity (Wildman–Crippen MR) is 87.0 cm³/mol. The Labute approximate surface area is 141 Å². The van der Waals surface area contributed by atoms with Gasteiger partial charge in [-0.05, 0) is 57.7 Å². The van der Waals surface area contributed by atoms with Crippen LogP contribution >= 0.6 is 0 Å². The summed E-state index contributed by atoms with van der Waals surface area (Å²) in [6.07, 6.45) is 1.43. The van der Waals surface area contributed by atoms with Crippen molar-refractivity contribution in [3.05, 3.63) is 35.6 Å². The van der Waals surface area contributed by atoms with Crippen LogP contribution in [0.25, 0.3) is 0 Å². The van der Waals surface area contributed by atoms with Crippen LogP contribution in [-0.2, 0) is 9.53 Å². The molecule has 6 heteroatoms. The molecule has 130 valence electrons. The Kier molecular flexibility index (Phi) is 4.01. The summed E-state index contributed by atoms with van der Waals surface area (Å²) in [5, 5.41) is 5.65. The Hall–Kier alpha value is -2.11. The lowest BCUT2D eigenvalue weighted by atomic mass is 10.1. The first-order valence-corrected chi connectivity index (χ1v) is 8.26. The zero-order valence-electron chi connectivity index (χ0n) is 14.2. The fraction of sp³-hybridized carbons (Fsp3) is 0.556. The summed E-state index contributed by atoms with van der Waals surface area (Å²) >= 11 is 0. The molecule has 0 aliphatic heterocycles. The van der Waals surface area contributed by atoms with Crippen molar-refractivity contribution in [2.24, 2.45) is 0 Å². The molecule has 0 unspecified atom stereocenters. The maximum Gasteiger partial charge on any atom is 0.408 e. The molecule has 1 aromatic carbocycles. The summed E-state index contributed by atoms with van der Waals surface area (Å²) < 4.78 is 18.5. The molecule has 2 fully saturated rings. The average Bonchev–Trinajstić information content (AvgIpc) is 3.33. The SMILES string of the molecule is CC(C)(C)OC(=O)NC1(C(=O)N[C@H]2C[C@H]2c2cccc(F)c2)CC1. The lowest BCUT2D eigenvalue weighted by molar-refractivity contribution is -0.124. The third-order valence-corrected chi connectivity index (χ3v) is 4.31. The van der Waals surface area contributed by atoms with Crippen LogP contribution in [0.4, 0.5) is 9.18 Å². The zero-order valence-corrected chi connectivity index (χ0v) is 14.2. The topological polar surface area (TPSA) is 67.4 Å². The van der Waals surface area contributed by atoms with Crippen molar-refractivity contribution >= 4 is 12.0 Å². The molecule has 2 aliphatic rings. The van der Waals surface area contributed by atoms with Gasteiger partial charge in [-0.25, -0.2) is 9.18 Å². The van der Waals surface area contributed by atoms with E-state index in [1.807, 2.05) is 6.07 Å². The smallest absolute Gasteiger partial charge is 0.408 e. The Morgan fingerprint density at radius 1 is 1.29 bits per heavy atom. The van der Waals surface area contributed by atoms with Crippen molar-refractivity contribution in [1.82, 2.24) is 10.6 Å². The number of hydrogen-bond acceptors (Lipinski definition) is 3. The van der Waals surface area contributed by atoms with Gasteiger partial charge in [-0.2, -0.15) is 0 Å². The Morgan fingerprint density at radius 2 is 2.00 bits per heavy atom. The van der Waals surface area contributed by atoms with Crippen molar-refractivity contribution in [1.29, 1.82) is 0 Å². The number of hydrogen-bond donors (Lipinski definition) is 2. The van der Waals surface area contributed by atoms with Gasteiger partial charge in [-0.3, -0.25) is 4.79 Å². The van der Waals surface area contributed by atoms with Crippen LogP contribution in [0.3, 0.4) is 0 Å². The number of alkyl carbamates (subject to hydrolysis) is 1. The number of carbonyl (C=O) groups is 2. The summed E-state index contributed by atoms with van der Waals surface area (Å²) in [6.45, 7) is 5.33. The molecule has 0 heterocycles. The molecule has 0 aromatic heterocycles. The van der Waals surface area contributed by atoms with E-state index >= 15 is 0 Å². The second-order valence-corrected chi connectivity index (χ2v) is 7.69. The molecule has 24 heavy (non-hydrogen) atoms. The molecule has 1 aromatic rings. The Morgan fingerprint density at radius 3 is 2.58 bits per heavy atom. The van der Waals surface area contributed by atoms with E-state index in [1.165, 1.54) is 12.1 Å². The Balaban J connectivity index is 1.53. The zero-order chi connectivity index (χ0) is 17.5. The lowest BCUT2D eigenvalue weighted by Crippen LogP contribution is -2.50. The van der Waals surface area contributed by atoms with Gasteiger partial charge in [0.05, 0.1) is 0 Å². The molecule has 3 rings (SSSR count). The highest BCUT2D eigenvalue weighted by atomic mass is 19.1. The van der Waals surface area contributed by atoms with Gasteiger partial charge in [0, 0.05) is 12.0 Å². The standard InChI is InChI=1S/C18H23FN2O3/c1-17(2,3)24-16(23)21-18(7-8-18)15(22)20-14-10-13(14)11-5-4-6-12(19)9-11/h4-6,9,13-14H,7-8,10H2,1-3H3,(H,20,22)(H,21,23)/t13-,14-/m0/s1. The van der Waals surface area contributed by atoms with Gasteiger partial charge in [0.2, 0.25) is 5.91 Å². The molecule has 0 saturated heterocycles. The summed E-state index contributed by atoms with van der Waals surface area (Å²) in [5.74, 6) is -0.311. The third-order valence-electron chi connectivity index (χ3n) is 4.31. The van der Waals surface area contributed by atoms with E-state index in [9.17, 15) is 14.0 Å². The molecule has 0 spiro atoms. The van der Waals surface area contributed by atoms with Gasteiger partial charge in [-0.15, -0.1) is 0 Å². The van der Waals surface area contributed by atoms with Crippen molar-refractivity contribution in [2.75, 3.05) is 0 Å². The lowest BCUT2D eigenvalue weighted by Gasteiger charge is -2.23. The quantitative estimate of drug-likeness (QED) is 0.890. The van der Waals surface area contributed by atoms with E-state index in [0.29, 0.717) is 12.8 Å². The van der Waals surface area contributed by atoms with Gasteiger partial charge < -0.3 is 15.4 Å². The molecule has 2 amide bonds. The number of halogens is 1. The van der Waals surface area contributed by atoms with Gasteiger partial charge in [0.1, 0.15) is 17.0 Å². The molecule has 0 radical (unpaired) electrons. The van der Waals surface area contributed by atoms with Gasteiger partial charge in [-0.1, -0.05) is 12.1 Å². The number of ether oxygens (including phenoxy) is 1. The second-order valence-electron chi connectivity index (χ2n) is 7.69. The number of rotatable bonds is 4. The fourth-order valence-corrected chi connectivity index (χ4v) is 2.80. The van der Waals surface area contributed by atoms with Crippen LogP contribution in [0.2, 0.25) is 0 Å². The van der Waals surface area contributed by atoms with Crippen molar-refractivity contribution in [2.45, 2.75) is 63.1 Å². The van der Waals surface area contributed by atoms with E-state index in [0.717, 1.165) is 12.0 Å². The maximum atomic E-state index is 13.3. The van der Waals surface area contributed by atoms with Crippen LogP contribution in [-0.4, -0.2) is 29.2 Å². The number of carbonyl (C=O) groups excluding carboxylic acids is 2. The van der Waals surface area contributed by atoms with E-state index < -0.39 is 17.2 Å². The fourth-order valence-electron chi connectivity index (χ4n) is 2.80.